The third-order valence-corrected chi connectivity index (χ3v) is 6.58. The fourth-order valence-electron chi connectivity index (χ4n) is 5.52. The van der Waals surface area contributed by atoms with Crippen molar-refractivity contribution in [3.63, 3.8) is 0 Å². The van der Waals surface area contributed by atoms with Gasteiger partial charge in [0, 0.05) is 6.07 Å². The van der Waals surface area contributed by atoms with Gasteiger partial charge in [-0.1, -0.05) is 18.2 Å². The number of rotatable bonds is 3. The van der Waals surface area contributed by atoms with E-state index < -0.39 is 29.6 Å². The molecule has 0 unspecified atom stereocenters. The van der Waals surface area contributed by atoms with Crippen LogP contribution in [0.1, 0.15) is 54.7 Å². The van der Waals surface area contributed by atoms with Crippen LogP contribution in [0.3, 0.4) is 0 Å². The first-order valence-corrected chi connectivity index (χ1v) is 10.3. The lowest BCUT2D eigenvalue weighted by Crippen LogP contribution is -2.35. The third-order valence-electron chi connectivity index (χ3n) is 6.58. The average Bonchev–Trinajstić information content (AvgIpc) is 2.68. The van der Waals surface area contributed by atoms with Gasteiger partial charge in [0.15, 0.2) is 11.6 Å². The maximum absolute atomic E-state index is 14.5. The molecule has 1 fully saturated rings. The Kier molecular flexibility index (Phi) is 5.79. The number of benzene rings is 2. The minimum absolute atomic E-state index is 0.00238. The van der Waals surface area contributed by atoms with Gasteiger partial charge in [0.2, 0.25) is 0 Å². The molecule has 4 atom stereocenters. The number of hydrogen-bond acceptors (Lipinski definition) is 1. The van der Waals surface area contributed by atoms with Crippen molar-refractivity contribution in [2.75, 3.05) is 0 Å². The van der Waals surface area contributed by atoms with E-state index in [-0.39, 0.29) is 23.7 Å². The molecule has 0 bridgehead atoms. The van der Waals surface area contributed by atoms with Gasteiger partial charge in [-0.3, -0.25) is 0 Å². The summed E-state index contributed by atoms with van der Waals surface area (Å²) in [7, 11) is 0. The summed E-state index contributed by atoms with van der Waals surface area (Å²) in [5.74, 6) is -3.33. The van der Waals surface area contributed by atoms with Crippen LogP contribution in [0, 0.1) is 29.3 Å². The molecule has 7 heteroatoms. The summed E-state index contributed by atoms with van der Waals surface area (Å²) in [6.07, 6.45) is 1.51. The van der Waals surface area contributed by atoms with Gasteiger partial charge in [-0.05, 0) is 91.2 Å². The van der Waals surface area contributed by atoms with Crippen molar-refractivity contribution in [3.8, 4) is 5.75 Å². The minimum atomic E-state index is -4.98. The topological polar surface area (TPSA) is 9.23 Å². The second kappa shape index (κ2) is 8.24. The van der Waals surface area contributed by atoms with Crippen molar-refractivity contribution >= 4 is 0 Å². The number of hydrogen-bond donors (Lipinski definition) is 0. The molecule has 2 aliphatic rings. The van der Waals surface area contributed by atoms with E-state index in [1.807, 2.05) is 19.1 Å². The highest BCUT2D eigenvalue weighted by atomic mass is 19.4. The van der Waals surface area contributed by atoms with Crippen LogP contribution in [-0.2, 0) is 6.42 Å². The Balaban J connectivity index is 1.73. The fraction of sp³-hybridized carbons (Fsp3) is 0.417. The van der Waals surface area contributed by atoms with E-state index in [4.69, 9.17) is 0 Å². The molecular weight excluding hydrogens is 418 g/mol. The second-order valence-electron chi connectivity index (χ2n) is 8.29. The van der Waals surface area contributed by atoms with E-state index >= 15 is 0 Å². The molecule has 4 rings (SSSR count). The molecule has 0 radical (unpaired) electrons. The number of ether oxygens (including phenoxy) is 1. The molecule has 31 heavy (non-hydrogen) atoms. The Labute approximate surface area is 176 Å². The van der Waals surface area contributed by atoms with Crippen LogP contribution in [0.2, 0.25) is 0 Å². The average molecular weight is 440 g/mol. The Morgan fingerprint density at radius 2 is 1.74 bits per heavy atom. The van der Waals surface area contributed by atoms with Crippen LogP contribution in [0.25, 0.3) is 0 Å². The highest BCUT2D eigenvalue weighted by Gasteiger charge is 2.43. The normalized spacial score (nSPS) is 25.9. The Morgan fingerprint density at radius 3 is 2.42 bits per heavy atom. The monoisotopic (exact) mass is 440 g/mol. The molecule has 0 aliphatic heterocycles. The molecular formula is C24H22F6O. The van der Waals surface area contributed by atoms with Gasteiger partial charge in [0.05, 0.1) is 0 Å². The van der Waals surface area contributed by atoms with Gasteiger partial charge < -0.3 is 4.74 Å². The summed E-state index contributed by atoms with van der Waals surface area (Å²) in [4.78, 5) is 0. The fourth-order valence-corrected chi connectivity index (χ4v) is 5.52. The number of allylic oxidation sites excluding steroid dienone is 2. The maximum atomic E-state index is 14.5. The Hall–Kier alpha value is -2.44. The lowest BCUT2D eigenvalue weighted by atomic mass is 9.58. The van der Waals surface area contributed by atoms with Crippen molar-refractivity contribution in [1.82, 2.24) is 0 Å². The molecule has 0 N–H and O–H groups in total. The van der Waals surface area contributed by atoms with Crippen LogP contribution in [-0.4, -0.2) is 6.36 Å². The third kappa shape index (κ3) is 4.32. The van der Waals surface area contributed by atoms with Crippen LogP contribution in [0.5, 0.6) is 5.75 Å². The summed E-state index contributed by atoms with van der Waals surface area (Å²) in [5, 5.41) is 0. The minimum Gasteiger partial charge on any atom is -0.403 e. The summed E-state index contributed by atoms with van der Waals surface area (Å²) in [5.41, 5.74) is 1.77. The van der Waals surface area contributed by atoms with Gasteiger partial charge in [-0.15, -0.1) is 13.2 Å². The van der Waals surface area contributed by atoms with Crippen molar-refractivity contribution in [2.24, 2.45) is 11.8 Å². The zero-order valence-electron chi connectivity index (χ0n) is 16.9. The van der Waals surface area contributed by atoms with Gasteiger partial charge in [0.25, 0.3) is 0 Å². The van der Waals surface area contributed by atoms with Gasteiger partial charge in [-0.2, -0.15) is 0 Å². The zero-order chi connectivity index (χ0) is 22.3. The van der Waals surface area contributed by atoms with Crippen LogP contribution in [0.4, 0.5) is 26.3 Å². The predicted molar refractivity (Wildman–Crippen MR) is 104 cm³/mol. The van der Waals surface area contributed by atoms with Gasteiger partial charge in [-0.25, -0.2) is 13.2 Å². The Morgan fingerprint density at radius 1 is 0.968 bits per heavy atom. The van der Waals surface area contributed by atoms with E-state index in [1.165, 1.54) is 12.1 Å². The summed E-state index contributed by atoms with van der Waals surface area (Å²) in [6.45, 7) is 1.88. The highest BCUT2D eigenvalue weighted by molar-refractivity contribution is 5.39. The molecule has 0 aromatic heterocycles. The largest absolute Gasteiger partial charge is 0.573 e. The van der Waals surface area contributed by atoms with E-state index in [0.717, 1.165) is 31.0 Å². The van der Waals surface area contributed by atoms with E-state index in [2.05, 4.69) is 4.74 Å². The smallest absolute Gasteiger partial charge is 0.403 e. The predicted octanol–water partition coefficient (Wildman–Crippen LogP) is 7.42. The first-order chi connectivity index (χ1) is 14.7. The van der Waals surface area contributed by atoms with E-state index in [1.54, 1.807) is 0 Å². The first kappa shape index (κ1) is 21.8. The van der Waals surface area contributed by atoms with Crippen molar-refractivity contribution in [2.45, 2.75) is 50.8 Å². The van der Waals surface area contributed by atoms with E-state index in [9.17, 15) is 26.3 Å². The number of alkyl halides is 3. The summed E-state index contributed by atoms with van der Waals surface area (Å²) in [6, 6.07) is 5.87. The molecule has 0 spiro atoms. The Bertz CT molecular complexity index is 996. The molecule has 2 aromatic carbocycles. The van der Waals surface area contributed by atoms with Gasteiger partial charge >= 0.3 is 6.36 Å². The molecule has 2 aromatic rings. The van der Waals surface area contributed by atoms with Crippen molar-refractivity contribution < 1.29 is 31.1 Å². The molecule has 1 saturated carbocycles. The molecule has 166 valence electrons. The summed E-state index contributed by atoms with van der Waals surface area (Å²) < 4.78 is 84.0. The zero-order valence-corrected chi connectivity index (χ0v) is 16.9. The molecule has 0 saturated heterocycles. The lowest BCUT2D eigenvalue weighted by Gasteiger charge is -2.46. The summed E-state index contributed by atoms with van der Waals surface area (Å²) >= 11 is 0. The first-order valence-electron chi connectivity index (χ1n) is 10.3. The SMILES string of the molecule is C/C=C/[C@@H]1CC[C@H]2c3cc(F)cc(F)c3CC[C@@H]2[C@H]1c1ccc(OC(F)(F)F)c(F)c1. The van der Waals surface area contributed by atoms with E-state index in [0.29, 0.717) is 29.5 Å². The van der Waals surface area contributed by atoms with Crippen LogP contribution >= 0.6 is 0 Å². The number of fused-ring (bicyclic) bond motifs is 3. The van der Waals surface area contributed by atoms with Crippen molar-refractivity contribution in [3.05, 3.63) is 76.6 Å². The quantitative estimate of drug-likeness (QED) is 0.357. The molecule has 2 aliphatic carbocycles. The van der Waals surface area contributed by atoms with Crippen LogP contribution in [0.15, 0.2) is 42.5 Å². The maximum Gasteiger partial charge on any atom is 0.573 e. The second-order valence-corrected chi connectivity index (χ2v) is 8.29. The lowest BCUT2D eigenvalue weighted by molar-refractivity contribution is -0.275. The van der Waals surface area contributed by atoms with Crippen molar-refractivity contribution in [1.29, 1.82) is 0 Å². The standard InChI is InChI=1S/C24H22F6O/c1-2-3-13-4-6-16-18(8-7-17-19(16)11-15(25)12-20(17)26)23(13)14-5-9-22(21(27)10-14)31-24(28,29)30/h2-3,5,9-13,16,18,23H,4,6-8H2,1H3/b3-2+/t13-,16-,18+,23-/m1/s1. The molecule has 0 amide bonds. The molecule has 1 nitrogen and oxygen atoms in total. The molecule has 0 heterocycles. The number of halogens is 6. The van der Waals surface area contributed by atoms with Gasteiger partial charge in [0.1, 0.15) is 11.6 Å². The highest BCUT2D eigenvalue weighted by Crippen LogP contribution is 2.54. The van der Waals surface area contributed by atoms with Crippen LogP contribution < -0.4 is 4.74 Å².